The third-order valence-corrected chi connectivity index (χ3v) is 4.36. The molecule has 4 aromatic rings. The average molecular weight is 330 g/mol. The minimum absolute atomic E-state index is 0.0121. The van der Waals surface area contributed by atoms with E-state index in [1.807, 2.05) is 30.3 Å². The molecule has 0 radical (unpaired) electrons. The second kappa shape index (κ2) is 6.32. The summed E-state index contributed by atoms with van der Waals surface area (Å²) in [6.45, 7) is 4.25. The van der Waals surface area contributed by atoms with Crippen LogP contribution in [0.1, 0.15) is 28.3 Å². The molecule has 6 heteroatoms. The molecule has 0 unspecified atom stereocenters. The molecule has 0 saturated carbocycles. The van der Waals surface area contributed by atoms with Crippen LogP contribution < -0.4 is 5.32 Å². The van der Waals surface area contributed by atoms with Crippen LogP contribution in [0.4, 0.5) is 5.82 Å². The van der Waals surface area contributed by atoms with Crippen molar-refractivity contribution in [1.29, 1.82) is 0 Å². The molecule has 0 aliphatic heterocycles. The highest BCUT2D eigenvalue weighted by atomic mass is 15.6. The Kier molecular flexibility index (Phi) is 3.85. The molecule has 0 saturated heterocycles. The van der Waals surface area contributed by atoms with Crippen molar-refractivity contribution < 1.29 is 0 Å². The molecule has 2 aromatic carbocycles. The van der Waals surface area contributed by atoms with Crippen molar-refractivity contribution in [2.75, 3.05) is 5.32 Å². The zero-order chi connectivity index (χ0) is 17.2. The molecule has 1 N–H and O–H groups in total. The fourth-order valence-corrected chi connectivity index (χ4v) is 2.82. The number of nitrogens with one attached hydrogen (secondary N) is 1. The molecule has 0 fully saturated rings. The van der Waals surface area contributed by atoms with Gasteiger partial charge in [0.25, 0.3) is 0 Å². The van der Waals surface area contributed by atoms with Gasteiger partial charge in [-0.15, -0.1) is 14.8 Å². The second-order valence-corrected chi connectivity index (χ2v) is 6.08. The van der Waals surface area contributed by atoms with Gasteiger partial charge in [-0.05, 0) is 58.7 Å². The van der Waals surface area contributed by atoms with Crippen molar-refractivity contribution in [3.63, 3.8) is 0 Å². The molecule has 4 rings (SSSR count). The summed E-state index contributed by atoms with van der Waals surface area (Å²) in [5.74, 6) is 0.715. The number of tetrazole rings is 1. The largest absolute Gasteiger partial charge is 0.358 e. The smallest absolute Gasteiger partial charge is 0.200 e. The number of benzene rings is 2. The summed E-state index contributed by atoms with van der Waals surface area (Å²) in [7, 11) is 0. The monoisotopic (exact) mass is 330 g/mol. The minimum atomic E-state index is -0.0121. The van der Waals surface area contributed by atoms with E-state index < -0.39 is 0 Å². The maximum atomic E-state index is 4.44. The lowest BCUT2D eigenvalue weighted by molar-refractivity contribution is 0.730. The Bertz CT molecular complexity index is 1010. The minimum Gasteiger partial charge on any atom is -0.358 e. The summed E-state index contributed by atoms with van der Waals surface area (Å²) in [6.07, 6.45) is 0. The van der Waals surface area contributed by atoms with E-state index in [1.165, 1.54) is 26.9 Å². The molecule has 0 aliphatic carbocycles. The lowest BCUT2D eigenvalue weighted by atomic mass is 9.95. The number of aromatic nitrogens is 5. The van der Waals surface area contributed by atoms with E-state index in [0.717, 1.165) is 0 Å². The van der Waals surface area contributed by atoms with Gasteiger partial charge in [-0.25, -0.2) is 0 Å². The standard InChI is InChI=1S/C19H18N6/c1-13-8-9-16(12-14(13)2)19(15-6-4-3-5-7-15)20-17-10-11-18-21-23-24-25(18)22-17/h3-12,19H,1-2H3,(H,20,22)/t19-/m0/s1. The van der Waals surface area contributed by atoms with Crippen molar-refractivity contribution in [1.82, 2.24) is 25.3 Å². The van der Waals surface area contributed by atoms with Crippen molar-refractivity contribution >= 4 is 11.5 Å². The van der Waals surface area contributed by atoms with Crippen LogP contribution in [0, 0.1) is 13.8 Å². The van der Waals surface area contributed by atoms with E-state index in [2.05, 4.69) is 70.1 Å². The number of hydrogen-bond acceptors (Lipinski definition) is 5. The van der Waals surface area contributed by atoms with Crippen molar-refractivity contribution in [3.05, 3.63) is 82.9 Å². The van der Waals surface area contributed by atoms with Crippen LogP contribution in [-0.4, -0.2) is 25.3 Å². The van der Waals surface area contributed by atoms with Crippen LogP contribution in [-0.2, 0) is 0 Å². The summed E-state index contributed by atoms with van der Waals surface area (Å²) in [6, 6.07) is 20.6. The van der Waals surface area contributed by atoms with Gasteiger partial charge in [-0.1, -0.05) is 48.5 Å². The van der Waals surface area contributed by atoms with Crippen LogP contribution in [0.15, 0.2) is 60.7 Å². The van der Waals surface area contributed by atoms with E-state index in [1.54, 1.807) is 0 Å². The Morgan fingerprint density at radius 2 is 1.72 bits per heavy atom. The first kappa shape index (κ1) is 15.3. The Morgan fingerprint density at radius 1 is 0.880 bits per heavy atom. The molecule has 0 aliphatic rings. The van der Waals surface area contributed by atoms with Crippen LogP contribution in [0.3, 0.4) is 0 Å². The Labute approximate surface area is 145 Å². The Morgan fingerprint density at radius 3 is 2.52 bits per heavy atom. The summed E-state index contributed by atoms with van der Waals surface area (Å²) < 4.78 is 1.42. The van der Waals surface area contributed by atoms with Crippen LogP contribution in [0.2, 0.25) is 0 Å². The highest BCUT2D eigenvalue weighted by molar-refractivity contribution is 5.48. The zero-order valence-corrected chi connectivity index (χ0v) is 14.1. The highest BCUT2D eigenvalue weighted by Crippen LogP contribution is 2.27. The number of hydrogen-bond donors (Lipinski definition) is 1. The summed E-state index contributed by atoms with van der Waals surface area (Å²) in [5.41, 5.74) is 5.53. The van der Waals surface area contributed by atoms with Gasteiger partial charge in [0.2, 0.25) is 0 Å². The molecule has 1 atom stereocenters. The molecule has 2 heterocycles. The molecule has 6 nitrogen and oxygen atoms in total. The van der Waals surface area contributed by atoms with E-state index in [0.29, 0.717) is 11.5 Å². The molecular formula is C19H18N6. The Balaban J connectivity index is 1.75. The van der Waals surface area contributed by atoms with Gasteiger partial charge in [0.1, 0.15) is 5.82 Å². The molecule has 2 aromatic heterocycles. The van der Waals surface area contributed by atoms with E-state index in [9.17, 15) is 0 Å². The topological polar surface area (TPSA) is 68.0 Å². The van der Waals surface area contributed by atoms with Gasteiger partial charge < -0.3 is 5.32 Å². The molecule has 0 spiro atoms. The van der Waals surface area contributed by atoms with Crippen molar-refractivity contribution in [2.24, 2.45) is 0 Å². The average Bonchev–Trinajstić information content (AvgIpc) is 3.11. The zero-order valence-electron chi connectivity index (χ0n) is 14.1. The number of fused-ring (bicyclic) bond motifs is 1. The van der Waals surface area contributed by atoms with Gasteiger partial charge in [-0.3, -0.25) is 0 Å². The van der Waals surface area contributed by atoms with Gasteiger partial charge in [0.15, 0.2) is 5.65 Å². The maximum Gasteiger partial charge on any atom is 0.200 e. The summed E-state index contributed by atoms with van der Waals surface area (Å²) >= 11 is 0. The maximum absolute atomic E-state index is 4.44. The summed E-state index contributed by atoms with van der Waals surface area (Å²) in [5, 5.41) is 19.3. The predicted octanol–water partition coefficient (Wildman–Crippen LogP) is 3.34. The van der Waals surface area contributed by atoms with E-state index in [4.69, 9.17) is 0 Å². The first-order valence-electron chi connectivity index (χ1n) is 8.15. The molecule has 124 valence electrons. The molecule has 25 heavy (non-hydrogen) atoms. The molecule has 0 bridgehead atoms. The lowest BCUT2D eigenvalue weighted by Crippen LogP contribution is -2.14. The van der Waals surface area contributed by atoms with Crippen molar-refractivity contribution in [3.8, 4) is 0 Å². The van der Waals surface area contributed by atoms with Crippen LogP contribution in [0.5, 0.6) is 0 Å². The molecular weight excluding hydrogens is 312 g/mol. The predicted molar refractivity (Wildman–Crippen MR) is 96.4 cm³/mol. The lowest BCUT2D eigenvalue weighted by Gasteiger charge is -2.21. The van der Waals surface area contributed by atoms with Crippen molar-refractivity contribution in [2.45, 2.75) is 19.9 Å². The number of anilines is 1. The number of rotatable bonds is 4. The van der Waals surface area contributed by atoms with Crippen LogP contribution in [0.25, 0.3) is 5.65 Å². The second-order valence-electron chi connectivity index (χ2n) is 6.08. The third kappa shape index (κ3) is 3.06. The van der Waals surface area contributed by atoms with Crippen LogP contribution >= 0.6 is 0 Å². The first-order valence-corrected chi connectivity index (χ1v) is 8.15. The van der Waals surface area contributed by atoms with Gasteiger partial charge in [0, 0.05) is 0 Å². The summed E-state index contributed by atoms with van der Waals surface area (Å²) in [4.78, 5) is 0. The third-order valence-electron chi connectivity index (χ3n) is 4.36. The fraction of sp³-hybridized carbons (Fsp3) is 0.158. The SMILES string of the molecule is Cc1ccc([C@@H](Nc2ccc3nnnn3n2)c2ccccc2)cc1C. The van der Waals surface area contributed by atoms with Gasteiger partial charge in [-0.2, -0.15) is 0 Å². The normalized spacial score (nSPS) is 12.2. The fourth-order valence-electron chi connectivity index (χ4n) is 2.82. The Hall–Kier alpha value is -3.28. The van der Waals surface area contributed by atoms with E-state index >= 15 is 0 Å². The number of nitrogens with zero attached hydrogens (tertiary/aromatic N) is 5. The van der Waals surface area contributed by atoms with E-state index in [-0.39, 0.29) is 6.04 Å². The first-order chi connectivity index (χ1) is 12.2. The quantitative estimate of drug-likeness (QED) is 0.621. The number of aryl methyl sites for hydroxylation is 2. The highest BCUT2D eigenvalue weighted by Gasteiger charge is 2.15. The van der Waals surface area contributed by atoms with Gasteiger partial charge in [0.05, 0.1) is 6.04 Å². The van der Waals surface area contributed by atoms with Gasteiger partial charge >= 0.3 is 0 Å². The molecule has 0 amide bonds.